The van der Waals surface area contributed by atoms with E-state index < -0.39 is 11.4 Å². The van der Waals surface area contributed by atoms with Crippen LogP contribution in [0.25, 0.3) is 0 Å². The quantitative estimate of drug-likeness (QED) is 0.634. The van der Waals surface area contributed by atoms with Gasteiger partial charge >= 0.3 is 5.97 Å². The predicted octanol–water partition coefficient (Wildman–Crippen LogP) is 1.39. The van der Waals surface area contributed by atoms with E-state index >= 15 is 0 Å². The Morgan fingerprint density at radius 3 is 2.33 bits per heavy atom. The summed E-state index contributed by atoms with van der Waals surface area (Å²) in [6.45, 7) is 3.51. The molecule has 0 radical (unpaired) electrons. The number of carboxylic acid groups (broad SMARTS) is 1. The molecule has 0 aliphatic heterocycles. The fourth-order valence-electron chi connectivity index (χ4n) is 1.48. The minimum absolute atomic E-state index is 0.161. The van der Waals surface area contributed by atoms with Crippen molar-refractivity contribution in [3.8, 4) is 0 Å². The van der Waals surface area contributed by atoms with Crippen molar-refractivity contribution in [2.75, 3.05) is 0 Å². The third kappa shape index (κ3) is 1.40. The summed E-state index contributed by atoms with van der Waals surface area (Å²) in [5.41, 5.74) is -0.839. The first kappa shape index (κ1) is 8.97. The fourth-order valence-corrected chi connectivity index (χ4v) is 1.48. The van der Waals surface area contributed by atoms with Crippen LogP contribution in [0.4, 0.5) is 0 Å². The van der Waals surface area contributed by atoms with Gasteiger partial charge in [0.05, 0.1) is 5.41 Å². The van der Waals surface area contributed by atoms with Crippen LogP contribution in [0.2, 0.25) is 0 Å². The molecular weight excluding hydrogens is 156 g/mol. The molecule has 0 spiro atoms. The fraction of sp³-hybridized carbons (Fsp3) is 0.556. The monoisotopic (exact) mass is 168 g/mol. The van der Waals surface area contributed by atoms with Crippen molar-refractivity contribution < 1.29 is 14.7 Å². The molecule has 0 heterocycles. The van der Waals surface area contributed by atoms with Gasteiger partial charge in [-0.3, -0.25) is 9.59 Å². The molecule has 0 aromatic heterocycles. The lowest BCUT2D eigenvalue weighted by molar-refractivity contribution is -0.148. The van der Waals surface area contributed by atoms with Crippen LogP contribution in [-0.4, -0.2) is 16.9 Å². The van der Waals surface area contributed by atoms with E-state index in [1.807, 2.05) is 0 Å². The van der Waals surface area contributed by atoms with Gasteiger partial charge in [0.2, 0.25) is 0 Å². The molecule has 1 rings (SSSR count). The number of carboxylic acids is 1. The maximum absolute atomic E-state index is 10.9. The van der Waals surface area contributed by atoms with E-state index in [1.165, 1.54) is 6.08 Å². The van der Waals surface area contributed by atoms with Crippen molar-refractivity contribution in [2.24, 2.45) is 5.41 Å². The van der Waals surface area contributed by atoms with Crippen LogP contribution < -0.4 is 0 Å². The molecule has 0 amide bonds. The Labute approximate surface area is 71.1 Å². The largest absolute Gasteiger partial charge is 0.481 e. The van der Waals surface area contributed by atoms with Gasteiger partial charge in [-0.25, -0.2) is 0 Å². The lowest BCUT2D eigenvalue weighted by atomic mass is 9.74. The molecule has 0 atom stereocenters. The first-order chi connectivity index (χ1) is 5.60. The summed E-state index contributed by atoms with van der Waals surface area (Å²) in [7, 11) is 0. The minimum Gasteiger partial charge on any atom is -0.481 e. The van der Waals surface area contributed by atoms with E-state index in [9.17, 15) is 9.59 Å². The number of ketones is 1. The van der Waals surface area contributed by atoms with Gasteiger partial charge < -0.3 is 5.11 Å². The summed E-state index contributed by atoms with van der Waals surface area (Å²) in [6, 6.07) is 0. The van der Waals surface area contributed by atoms with Crippen LogP contribution in [0.5, 0.6) is 0 Å². The van der Waals surface area contributed by atoms with Gasteiger partial charge in [-0.2, -0.15) is 0 Å². The van der Waals surface area contributed by atoms with E-state index in [0.717, 1.165) is 0 Å². The first-order valence-corrected chi connectivity index (χ1v) is 3.99. The van der Waals surface area contributed by atoms with Crippen molar-refractivity contribution in [3.63, 3.8) is 0 Å². The Hall–Kier alpha value is -1.12. The van der Waals surface area contributed by atoms with Crippen LogP contribution >= 0.6 is 0 Å². The second-order valence-electron chi connectivity index (χ2n) is 3.20. The molecule has 3 heteroatoms. The third-order valence-corrected chi connectivity index (χ3v) is 2.52. The third-order valence-electron chi connectivity index (χ3n) is 2.52. The van der Waals surface area contributed by atoms with Gasteiger partial charge in [0.25, 0.3) is 0 Å². The molecule has 1 aliphatic rings. The van der Waals surface area contributed by atoms with Gasteiger partial charge in [0.1, 0.15) is 5.78 Å². The normalized spacial score (nSPS) is 21.8. The van der Waals surface area contributed by atoms with Crippen LogP contribution in [0.1, 0.15) is 25.7 Å². The summed E-state index contributed by atoms with van der Waals surface area (Å²) in [4.78, 5) is 21.7. The van der Waals surface area contributed by atoms with Gasteiger partial charge in [-0.1, -0.05) is 6.08 Å². The number of hydrogen-bond donors (Lipinski definition) is 1. The average molecular weight is 168 g/mol. The highest BCUT2D eigenvalue weighted by atomic mass is 16.4. The average Bonchev–Trinajstić information content (AvgIpc) is 2.06. The molecule has 1 N–H and O–H groups in total. The molecule has 0 unspecified atom stereocenters. The van der Waals surface area contributed by atoms with Gasteiger partial charge in [-0.05, 0) is 12.8 Å². The van der Waals surface area contributed by atoms with Gasteiger partial charge in [0.15, 0.2) is 0 Å². The zero-order valence-corrected chi connectivity index (χ0v) is 6.88. The molecular formula is C9H12O3. The Morgan fingerprint density at radius 2 is 2.00 bits per heavy atom. The predicted molar refractivity (Wildman–Crippen MR) is 43.7 cm³/mol. The van der Waals surface area contributed by atoms with Gasteiger partial charge in [-0.15, -0.1) is 6.58 Å². The summed E-state index contributed by atoms with van der Waals surface area (Å²) < 4.78 is 0. The number of carbonyl (C=O) groups excluding carboxylic acids is 1. The number of hydrogen-bond acceptors (Lipinski definition) is 2. The van der Waals surface area contributed by atoms with E-state index in [0.29, 0.717) is 25.7 Å². The highest BCUT2D eigenvalue weighted by Gasteiger charge is 2.38. The lowest BCUT2D eigenvalue weighted by Gasteiger charge is -2.28. The lowest BCUT2D eigenvalue weighted by Crippen LogP contribution is -2.33. The number of rotatable bonds is 2. The molecule has 0 saturated heterocycles. The number of Topliss-reactive ketones (excluding diaryl/α,β-unsaturated/α-hetero) is 1. The van der Waals surface area contributed by atoms with Crippen LogP contribution in [0, 0.1) is 5.41 Å². The van der Waals surface area contributed by atoms with Crippen LogP contribution in [0.3, 0.4) is 0 Å². The molecule has 3 nitrogen and oxygen atoms in total. The summed E-state index contributed by atoms with van der Waals surface area (Å²) in [6.07, 6.45) is 3.02. The maximum atomic E-state index is 10.9. The highest BCUT2D eigenvalue weighted by Crippen LogP contribution is 2.35. The second kappa shape index (κ2) is 3.09. The number of aliphatic carboxylic acids is 1. The van der Waals surface area contributed by atoms with Gasteiger partial charge in [0, 0.05) is 12.8 Å². The van der Waals surface area contributed by atoms with E-state index in [2.05, 4.69) is 6.58 Å². The summed E-state index contributed by atoms with van der Waals surface area (Å²) in [5.74, 6) is -0.696. The van der Waals surface area contributed by atoms with E-state index in [1.54, 1.807) is 0 Å². The molecule has 1 aliphatic carbocycles. The standard InChI is InChI=1S/C9H12O3/c1-2-9(8(11)12)5-3-7(10)4-6-9/h2H,1,3-6H2,(H,11,12). The molecule has 0 bridgehead atoms. The zero-order valence-electron chi connectivity index (χ0n) is 6.88. The topological polar surface area (TPSA) is 54.4 Å². The minimum atomic E-state index is -0.856. The zero-order chi connectivity index (χ0) is 9.19. The first-order valence-electron chi connectivity index (χ1n) is 3.99. The number of carbonyl (C=O) groups is 2. The Morgan fingerprint density at radius 1 is 1.50 bits per heavy atom. The second-order valence-corrected chi connectivity index (χ2v) is 3.20. The Kier molecular flexibility index (Phi) is 2.31. The van der Waals surface area contributed by atoms with Crippen LogP contribution in [-0.2, 0) is 9.59 Å². The molecule has 12 heavy (non-hydrogen) atoms. The van der Waals surface area contributed by atoms with Crippen molar-refractivity contribution in [3.05, 3.63) is 12.7 Å². The summed E-state index contributed by atoms with van der Waals surface area (Å²) >= 11 is 0. The Balaban J connectivity index is 2.76. The SMILES string of the molecule is C=CC1(C(=O)O)CCC(=O)CC1. The maximum Gasteiger partial charge on any atom is 0.313 e. The smallest absolute Gasteiger partial charge is 0.313 e. The van der Waals surface area contributed by atoms with E-state index in [-0.39, 0.29) is 5.78 Å². The molecule has 1 fully saturated rings. The molecule has 66 valence electrons. The molecule has 1 saturated carbocycles. The molecule has 0 aromatic carbocycles. The highest BCUT2D eigenvalue weighted by molar-refractivity contribution is 5.84. The van der Waals surface area contributed by atoms with Crippen molar-refractivity contribution >= 4 is 11.8 Å². The van der Waals surface area contributed by atoms with Crippen molar-refractivity contribution in [1.29, 1.82) is 0 Å². The molecule has 0 aromatic rings. The van der Waals surface area contributed by atoms with Crippen LogP contribution in [0.15, 0.2) is 12.7 Å². The summed E-state index contributed by atoms with van der Waals surface area (Å²) in [5, 5.41) is 8.89. The van der Waals surface area contributed by atoms with Crippen molar-refractivity contribution in [2.45, 2.75) is 25.7 Å². The van der Waals surface area contributed by atoms with E-state index in [4.69, 9.17) is 5.11 Å². The van der Waals surface area contributed by atoms with Crippen molar-refractivity contribution in [1.82, 2.24) is 0 Å². The Bertz CT molecular complexity index is 220.